The van der Waals surface area contributed by atoms with Crippen LogP contribution in [0.15, 0.2) is 0 Å². The third-order valence-electron chi connectivity index (χ3n) is 0. The summed E-state index contributed by atoms with van der Waals surface area (Å²) in [6, 6.07) is 0. The van der Waals surface area contributed by atoms with Gasteiger partial charge in [-0.2, -0.15) is 0 Å². The average Bonchev–Trinajstić information content (AvgIpc) is 0.722. The SMILES string of the molecule is O=S(=O)([O-])[O-].[Ba+2].[O-2].[Ti+4]. The van der Waals surface area contributed by atoms with Crippen LogP contribution in [-0.4, -0.2) is 66.4 Å². The van der Waals surface area contributed by atoms with E-state index in [0.717, 1.165) is 0 Å². The van der Waals surface area contributed by atoms with Crippen molar-refractivity contribution in [2.45, 2.75) is 0 Å². The number of rotatable bonds is 0. The average molecular weight is 297 g/mol. The maximum atomic E-state index is 8.52. The second kappa shape index (κ2) is 9.12. The molecule has 8 heteroatoms. The second-order valence-corrected chi connectivity index (χ2v) is 1.22. The fourth-order valence-electron chi connectivity index (χ4n) is 0. The first kappa shape index (κ1) is 22.5. The fraction of sp³-hybridized carbons (Fsp3) is 0. The van der Waals surface area contributed by atoms with Crippen molar-refractivity contribution < 1.29 is 44.7 Å². The van der Waals surface area contributed by atoms with E-state index in [1.807, 2.05) is 0 Å². The predicted molar refractivity (Wildman–Crippen MR) is 16.9 cm³/mol. The molecule has 40 valence electrons. The molecule has 0 bridgehead atoms. The van der Waals surface area contributed by atoms with Gasteiger partial charge in [-0.05, 0) is 0 Å². The second-order valence-electron chi connectivity index (χ2n) is 0.408. The fourth-order valence-corrected chi connectivity index (χ4v) is 0. The summed E-state index contributed by atoms with van der Waals surface area (Å²) < 4.78 is 34.1. The van der Waals surface area contributed by atoms with Gasteiger partial charge in [-0.1, -0.05) is 0 Å². The van der Waals surface area contributed by atoms with E-state index in [0.29, 0.717) is 0 Å². The van der Waals surface area contributed by atoms with Crippen LogP contribution >= 0.6 is 0 Å². The Morgan fingerprint density at radius 1 is 1.12 bits per heavy atom. The van der Waals surface area contributed by atoms with Crippen molar-refractivity contribution in [3.8, 4) is 0 Å². The maximum absolute atomic E-state index is 8.52. The molecule has 0 heterocycles. The summed E-state index contributed by atoms with van der Waals surface area (Å²) in [5.74, 6) is 0. The molecule has 0 unspecified atom stereocenters. The molecule has 0 amide bonds. The van der Waals surface area contributed by atoms with Gasteiger partial charge in [0.25, 0.3) is 0 Å². The Bertz CT molecular complexity index is 95.6. The largest absolute Gasteiger partial charge is 4.00 e. The first-order chi connectivity index (χ1) is 2.00. The molecular formula is BaO5STi+2. The van der Waals surface area contributed by atoms with E-state index in [-0.39, 0.29) is 76.1 Å². The molecule has 8 heavy (non-hydrogen) atoms. The summed E-state index contributed by atoms with van der Waals surface area (Å²) in [5, 5.41) is 0. The van der Waals surface area contributed by atoms with Gasteiger partial charge in [-0.3, -0.25) is 8.42 Å². The van der Waals surface area contributed by atoms with Crippen LogP contribution in [0, 0.1) is 0 Å². The summed E-state index contributed by atoms with van der Waals surface area (Å²) in [4.78, 5) is 0. The molecule has 0 rings (SSSR count). The van der Waals surface area contributed by atoms with Crippen LogP contribution in [0.25, 0.3) is 0 Å². The Hall–Kier alpha value is 2.12. The van der Waals surface area contributed by atoms with Crippen molar-refractivity contribution >= 4 is 59.3 Å². The number of hydrogen-bond acceptors (Lipinski definition) is 4. The molecule has 0 aliphatic heterocycles. The van der Waals surface area contributed by atoms with Crippen molar-refractivity contribution in [3.05, 3.63) is 0 Å². The molecule has 5 nitrogen and oxygen atoms in total. The van der Waals surface area contributed by atoms with E-state index >= 15 is 0 Å². The Labute approximate surface area is 102 Å². The van der Waals surface area contributed by atoms with Gasteiger partial charge in [-0.25, -0.2) is 0 Å². The zero-order valence-corrected chi connectivity index (χ0v) is 10.5. The van der Waals surface area contributed by atoms with Gasteiger partial charge in [-0.15, -0.1) is 0 Å². The predicted octanol–water partition coefficient (Wildman–Crippen LogP) is -1.84. The quantitative estimate of drug-likeness (QED) is 0.297. The standard InChI is InChI=1S/Ba.H2O4S.O.Ti/c;1-5(2,3)4;;/h;(H2,1,2,3,4);;/q+2;;-2;+4/p-2. The van der Waals surface area contributed by atoms with Crippen LogP contribution in [0.4, 0.5) is 0 Å². The van der Waals surface area contributed by atoms with Crippen molar-refractivity contribution in [2.75, 3.05) is 0 Å². The van der Waals surface area contributed by atoms with Gasteiger partial charge < -0.3 is 14.6 Å². The van der Waals surface area contributed by atoms with Crippen LogP contribution in [0.1, 0.15) is 0 Å². The smallest absolute Gasteiger partial charge is 2.00 e. The molecule has 0 aliphatic carbocycles. The molecule has 0 aromatic carbocycles. The van der Waals surface area contributed by atoms with E-state index in [1.165, 1.54) is 0 Å². The first-order valence-electron chi connectivity index (χ1n) is 0.667. The van der Waals surface area contributed by atoms with Crippen molar-refractivity contribution in [2.24, 2.45) is 0 Å². The van der Waals surface area contributed by atoms with Gasteiger partial charge >= 0.3 is 70.6 Å². The Morgan fingerprint density at radius 2 is 1.12 bits per heavy atom. The molecule has 0 aliphatic rings. The van der Waals surface area contributed by atoms with Crippen LogP contribution in [-0.2, 0) is 37.6 Å². The third-order valence-corrected chi connectivity index (χ3v) is 0. The van der Waals surface area contributed by atoms with Gasteiger partial charge in [0.2, 0.25) is 0 Å². The zero-order chi connectivity index (χ0) is 4.50. The Kier molecular flexibility index (Phi) is 25.6. The summed E-state index contributed by atoms with van der Waals surface area (Å²) in [5.41, 5.74) is 0. The minimum absolute atomic E-state index is 0. The minimum atomic E-state index is -5.17. The van der Waals surface area contributed by atoms with E-state index in [4.69, 9.17) is 17.5 Å². The first-order valence-corrected chi connectivity index (χ1v) is 2.00. The Morgan fingerprint density at radius 3 is 1.12 bits per heavy atom. The van der Waals surface area contributed by atoms with Crippen molar-refractivity contribution in [1.82, 2.24) is 0 Å². The molecule has 0 spiro atoms. The molecule has 0 radical (unpaired) electrons. The van der Waals surface area contributed by atoms with Gasteiger partial charge in [0, 0.05) is 10.4 Å². The van der Waals surface area contributed by atoms with E-state index < -0.39 is 10.4 Å². The summed E-state index contributed by atoms with van der Waals surface area (Å²) >= 11 is 0. The zero-order valence-electron chi connectivity index (χ0n) is 3.66. The maximum Gasteiger partial charge on any atom is 4.00 e. The van der Waals surface area contributed by atoms with Crippen molar-refractivity contribution in [1.29, 1.82) is 0 Å². The van der Waals surface area contributed by atoms with Crippen LogP contribution in [0.5, 0.6) is 0 Å². The summed E-state index contributed by atoms with van der Waals surface area (Å²) in [7, 11) is -5.17. The third kappa shape index (κ3) is 91.8. The summed E-state index contributed by atoms with van der Waals surface area (Å²) in [6.07, 6.45) is 0. The molecule has 0 aromatic heterocycles. The van der Waals surface area contributed by atoms with E-state index in [2.05, 4.69) is 0 Å². The van der Waals surface area contributed by atoms with Crippen LogP contribution in [0.2, 0.25) is 0 Å². The van der Waals surface area contributed by atoms with E-state index in [1.54, 1.807) is 0 Å². The molecular weight excluding hydrogens is 297 g/mol. The molecule has 0 aromatic rings. The molecule has 0 saturated heterocycles. The topological polar surface area (TPSA) is 109 Å². The molecule has 0 N–H and O–H groups in total. The monoisotopic (exact) mass is 298 g/mol. The minimum Gasteiger partial charge on any atom is -2.00 e. The van der Waals surface area contributed by atoms with Crippen molar-refractivity contribution in [3.63, 3.8) is 0 Å². The van der Waals surface area contributed by atoms with Gasteiger partial charge in [0.1, 0.15) is 0 Å². The van der Waals surface area contributed by atoms with E-state index in [9.17, 15) is 0 Å². The van der Waals surface area contributed by atoms with Crippen LogP contribution < -0.4 is 0 Å². The molecule has 0 atom stereocenters. The molecule has 0 fully saturated rings. The molecule has 0 saturated carbocycles. The normalized spacial score (nSPS) is 7.25. The number of hydrogen-bond donors (Lipinski definition) is 0. The van der Waals surface area contributed by atoms with Gasteiger partial charge in [0.15, 0.2) is 0 Å². The Balaban J connectivity index is -0.0000000267. The van der Waals surface area contributed by atoms with Gasteiger partial charge in [0.05, 0.1) is 0 Å². The summed E-state index contributed by atoms with van der Waals surface area (Å²) in [6.45, 7) is 0. The van der Waals surface area contributed by atoms with Crippen LogP contribution in [0.3, 0.4) is 0 Å².